The van der Waals surface area contributed by atoms with E-state index in [9.17, 15) is 23.7 Å². The van der Waals surface area contributed by atoms with Gasteiger partial charge in [0, 0.05) is 32.9 Å². The Morgan fingerprint density at radius 3 is 2.23 bits per heavy atom. The maximum absolute atomic E-state index is 13.3. The number of hydrogen-bond acceptors (Lipinski definition) is 6. The summed E-state index contributed by atoms with van der Waals surface area (Å²) in [4.78, 5) is 68.7. The van der Waals surface area contributed by atoms with Crippen molar-refractivity contribution in [3.05, 3.63) is 29.8 Å². The molecule has 0 aromatic heterocycles. The number of nitrogens with zero attached hydrogens (tertiary/aromatic N) is 1. The molecule has 1 aliphatic carbocycles. The molecule has 0 saturated heterocycles. The molecule has 13 heteroatoms. The van der Waals surface area contributed by atoms with Crippen molar-refractivity contribution in [3.8, 4) is 5.75 Å². The van der Waals surface area contributed by atoms with Crippen LogP contribution in [0, 0.1) is 5.92 Å². The number of nitrogens with one attached hydrogen (secondary N) is 2. The number of carboxylic acid groups (broad SMARTS) is 1. The molecular formula is C27H42N3O9P. The lowest BCUT2D eigenvalue weighted by atomic mass is 9.86. The van der Waals surface area contributed by atoms with E-state index >= 15 is 0 Å². The lowest BCUT2D eigenvalue weighted by molar-refractivity contribution is -0.139. The van der Waals surface area contributed by atoms with Gasteiger partial charge in [-0.05, 0) is 49.8 Å². The van der Waals surface area contributed by atoms with Crippen LogP contribution < -0.4 is 15.2 Å². The van der Waals surface area contributed by atoms with Crippen molar-refractivity contribution in [1.29, 1.82) is 0 Å². The number of hydrogen-bond donors (Lipinski definition) is 5. The van der Waals surface area contributed by atoms with Crippen LogP contribution in [0.3, 0.4) is 0 Å². The van der Waals surface area contributed by atoms with Crippen LogP contribution in [-0.2, 0) is 30.2 Å². The molecule has 2 atom stereocenters. The van der Waals surface area contributed by atoms with Crippen LogP contribution in [0.15, 0.2) is 24.3 Å². The van der Waals surface area contributed by atoms with E-state index in [-0.39, 0.29) is 31.0 Å². The predicted octanol–water partition coefficient (Wildman–Crippen LogP) is 2.76. The maximum atomic E-state index is 13.3. The van der Waals surface area contributed by atoms with E-state index in [4.69, 9.17) is 14.9 Å². The molecule has 0 unspecified atom stereocenters. The standard InChI is InChI=1S/C27H42N3O9P/c1-19(27(35)30(17-7-11-25(32)33)16-6-10-21-8-4-3-5-9-21)28-26(34)24(29-20(2)31)18-22-12-14-23(15-13-22)39-40(36,37)38/h12-15,19,21,24H,3-11,16-18H2,1-2H3,(H,28,34)(H,29,31)(H,32,33)(H2,36,37,38)/t19-,24+/m0/s1. The second kappa shape index (κ2) is 16.3. The molecule has 5 N–H and O–H groups in total. The Hall–Kier alpha value is -2.95. The molecule has 3 amide bonds. The molecular weight excluding hydrogens is 541 g/mol. The first-order valence-electron chi connectivity index (χ1n) is 13.8. The summed E-state index contributed by atoms with van der Waals surface area (Å²) in [7, 11) is -4.71. The molecule has 0 radical (unpaired) electrons. The van der Waals surface area contributed by atoms with Crippen LogP contribution in [0.1, 0.15) is 77.2 Å². The lowest BCUT2D eigenvalue weighted by Crippen LogP contribution is -2.54. The van der Waals surface area contributed by atoms with Crippen molar-refractivity contribution in [3.63, 3.8) is 0 Å². The van der Waals surface area contributed by atoms with Crippen molar-refractivity contribution in [2.24, 2.45) is 5.92 Å². The molecule has 1 aliphatic rings. The molecule has 0 aliphatic heterocycles. The highest BCUT2D eigenvalue weighted by Gasteiger charge is 2.27. The highest BCUT2D eigenvalue weighted by Crippen LogP contribution is 2.37. The third kappa shape index (κ3) is 12.9. The van der Waals surface area contributed by atoms with Crippen LogP contribution in [0.4, 0.5) is 0 Å². The van der Waals surface area contributed by atoms with Gasteiger partial charge in [0.25, 0.3) is 0 Å². The Morgan fingerprint density at radius 1 is 1.02 bits per heavy atom. The maximum Gasteiger partial charge on any atom is 0.524 e. The van der Waals surface area contributed by atoms with Gasteiger partial charge in [-0.3, -0.25) is 29.0 Å². The zero-order valence-electron chi connectivity index (χ0n) is 23.2. The second-order valence-electron chi connectivity index (χ2n) is 10.4. The summed E-state index contributed by atoms with van der Waals surface area (Å²) in [6, 6.07) is 3.79. The normalized spacial score (nSPS) is 15.5. The van der Waals surface area contributed by atoms with Gasteiger partial charge in [0.1, 0.15) is 17.8 Å². The smallest absolute Gasteiger partial charge is 0.481 e. The van der Waals surface area contributed by atoms with Crippen LogP contribution >= 0.6 is 7.82 Å². The highest BCUT2D eigenvalue weighted by atomic mass is 31.2. The van der Waals surface area contributed by atoms with Crippen molar-refractivity contribution in [2.45, 2.75) is 90.1 Å². The quantitative estimate of drug-likeness (QED) is 0.183. The van der Waals surface area contributed by atoms with E-state index < -0.39 is 37.7 Å². The number of carbonyl (C=O) groups is 4. The SMILES string of the molecule is CC(=O)N[C@H](Cc1ccc(OP(=O)(O)O)cc1)C(=O)N[C@@H](C)C(=O)N(CCCC(=O)O)CCCC1CCCCC1. The fourth-order valence-corrected chi connectivity index (χ4v) is 5.36. The minimum Gasteiger partial charge on any atom is -0.481 e. The number of carbonyl (C=O) groups excluding carboxylic acids is 3. The van der Waals surface area contributed by atoms with E-state index in [1.165, 1.54) is 63.3 Å². The number of phosphoric acid groups is 1. The topological polar surface area (TPSA) is 183 Å². The Bertz CT molecular complexity index is 1040. The minimum atomic E-state index is -4.71. The van der Waals surface area contributed by atoms with Gasteiger partial charge >= 0.3 is 13.8 Å². The first-order chi connectivity index (χ1) is 18.8. The first-order valence-corrected chi connectivity index (χ1v) is 15.3. The number of benzene rings is 1. The average molecular weight is 584 g/mol. The van der Waals surface area contributed by atoms with Gasteiger partial charge in [-0.15, -0.1) is 0 Å². The summed E-state index contributed by atoms with van der Waals surface area (Å²) in [6.45, 7) is 3.58. The minimum absolute atomic E-state index is 0.0525. The van der Waals surface area contributed by atoms with Gasteiger partial charge in [-0.1, -0.05) is 44.2 Å². The monoisotopic (exact) mass is 583 g/mol. The van der Waals surface area contributed by atoms with Gasteiger partial charge < -0.3 is 25.2 Å². The largest absolute Gasteiger partial charge is 0.524 e. The molecule has 1 aromatic carbocycles. The number of carboxylic acids is 1. The number of rotatable bonds is 16. The van der Waals surface area contributed by atoms with Crippen molar-refractivity contribution in [1.82, 2.24) is 15.5 Å². The number of amides is 3. The van der Waals surface area contributed by atoms with Gasteiger partial charge in [-0.2, -0.15) is 0 Å². The lowest BCUT2D eigenvalue weighted by Gasteiger charge is -2.28. The predicted molar refractivity (Wildman–Crippen MR) is 147 cm³/mol. The molecule has 40 heavy (non-hydrogen) atoms. The summed E-state index contributed by atoms with van der Waals surface area (Å²) >= 11 is 0. The summed E-state index contributed by atoms with van der Waals surface area (Å²) in [5.74, 6) is -1.67. The van der Waals surface area contributed by atoms with Crippen LogP contribution in [0.2, 0.25) is 0 Å². The molecule has 1 fully saturated rings. The fourth-order valence-electron chi connectivity index (χ4n) is 4.96. The zero-order valence-corrected chi connectivity index (χ0v) is 24.1. The van der Waals surface area contributed by atoms with E-state index in [1.54, 1.807) is 11.8 Å². The zero-order chi connectivity index (χ0) is 29.7. The first kappa shape index (κ1) is 33.3. The number of phosphoric ester groups is 1. The van der Waals surface area contributed by atoms with E-state index in [0.717, 1.165) is 12.8 Å². The number of aliphatic carboxylic acids is 1. The third-order valence-corrected chi connectivity index (χ3v) is 7.35. The molecule has 2 rings (SSSR count). The van der Waals surface area contributed by atoms with Crippen molar-refractivity contribution < 1.29 is 43.2 Å². The van der Waals surface area contributed by atoms with Gasteiger partial charge in [-0.25, -0.2) is 4.57 Å². The van der Waals surface area contributed by atoms with Crippen molar-refractivity contribution in [2.75, 3.05) is 13.1 Å². The van der Waals surface area contributed by atoms with E-state index in [1.807, 2.05) is 0 Å². The highest BCUT2D eigenvalue weighted by molar-refractivity contribution is 7.46. The summed E-state index contributed by atoms with van der Waals surface area (Å²) in [6.07, 6.45) is 8.25. The second-order valence-corrected chi connectivity index (χ2v) is 11.5. The Labute approximate surface area is 235 Å². The summed E-state index contributed by atoms with van der Waals surface area (Å²) < 4.78 is 15.5. The van der Waals surface area contributed by atoms with Crippen LogP contribution in [0.5, 0.6) is 5.75 Å². The van der Waals surface area contributed by atoms with Crippen LogP contribution in [-0.4, -0.2) is 68.7 Å². The Morgan fingerprint density at radius 2 is 1.65 bits per heavy atom. The van der Waals surface area contributed by atoms with Crippen LogP contribution in [0.25, 0.3) is 0 Å². The molecule has 1 aromatic rings. The van der Waals surface area contributed by atoms with Gasteiger partial charge in [0.2, 0.25) is 17.7 Å². The van der Waals surface area contributed by atoms with Crippen molar-refractivity contribution >= 4 is 31.5 Å². The van der Waals surface area contributed by atoms with Gasteiger partial charge in [0.15, 0.2) is 0 Å². The third-order valence-electron chi connectivity index (χ3n) is 6.91. The fraction of sp³-hybridized carbons (Fsp3) is 0.630. The average Bonchev–Trinajstić information content (AvgIpc) is 2.87. The summed E-state index contributed by atoms with van der Waals surface area (Å²) in [5.41, 5.74) is 0.587. The molecule has 12 nitrogen and oxygen atoms in total. The Kier molecular flexibility index (Phi) is 13.6. The molecule has 1 saturated carbocycles. The van der Waals surface area contributed by atoms with E-state index in [0.29, 0.717) is 24.4 Å². The molecule has 224 valence electrons. The molecule has 0 heterocycles. The molecule has 0 spiro atoms. The van der Waals surface area contributed by atoms with E-state index in [2.05, 4.69) is 15.2 Å². The van der Waals surface area contributed by atoms with Gasteiger partial charge in [0.05, 0.1) is 0 Å². The molecule has 0 bridgehead atoms. The summed E-state index contributed by atoms with van der Waals surface area (Å²) in [5, 5.41) is 14.3. The Balaban J connectivity index is 2.02.